The molecule has 6 heteroatoms. The number of hydrogen-bond acceptors (Lipinski definition) is 5. The van der Waals surface area contributed by atoms with Gasteiger partial charge in [0.2, 0.25) is 0 Å². The smallest absolute Gasteiger partial charge is 0.407 e. The number of aromatic nitrogens is 1. The van der Waals surface area contributed by atoms with Crippen LogP contribution in [-0.2, 0) is 20.7 Å². The lowest BCUT2D eigenvalue weighted by atomic mass is 10.1. The maximum atomic E-state index is 11.5. The first-order valence-corrected chi connectivity index (χ1v) is 4.98. The molecule has 0 aliphatic heterocycles. The Bertz CT molecular complexity index is 380. The van der Waals surface area contributed by atoms with E-state index in [4.69, 9.17) is 0 Å². The van der Waals surface area contributed by atoms with E-state index in [9.17, 15) is 9.59 Å². The maximum Gasteiger partial charge on any atom is 0.407 e. The summed E-state index contributed by atoms with van der Waals surface area (Å²) in [7, 11) is 2.50. The van der Waals surface area contributed by atoms with Gasteiger partial charge in [0.1, 0.15) is 6.04 Å². The van der Waals surface area contributed by atoms with Crippen molar-refractivity contribution in [2.75, 3.05) is 14.2 Å². The molecule has 1 rings (SSSR count). The van der Waals surface area contributed by atoms with E-state index in [1.807, 2.05) is 0 Å². The molecule has 0 unspecified atom stereocenters. The predicted molar refractivity (Wildman–Crippen MR) is 59.3 cm³/mol. The summed E-state index contributed by atoms with van der Waals surface area (Å²) < 4.78 is 9.05. The van der Waals surface area contributed by atoms with Crippen LogP contribution in [0.3, 0.4) is 0 Å². The first kappa shape index (κ1) is 13.0. The molecule has 0 aliphatic carbocycles. The summed E-state index contributed by atoms with van der Waals surface area (Å²) in [6.45, 7) is 0. The molecule has 0 spiro atoms. The van der Waals surface area contributed by atoms with Crippen LogP contribution in [0.15, 0.2) is 24.5 Å². The SMILES string of the molecule is COC(=O)N[C@@H](Cc1ccncc1)C(=O)OC. The van der Waals surface area contributed by atoms with E-state index in [2.05, 4.69) is 19.8 Å². The average Bonchev–Trinajstić information content (AvgIpc) is 2.38. The van der Waals surface area contributed by atoms with E-state index in [0.29, 0.717) is 6.42 Å². The highest BCUT2D eigenvalue weighted by Crippen LogP contribution is 2.03. The minimum Gasteiger partial charge on any atom is -0.467 e. The molecule has 0 fully saturated rings. The normalized spacial score (nSPS) is 11.4. The first-order chi connectivity index (χ1) is 8.17. The van der Waals surface area contributed by atoms with Crippen LogP contribution in [0.1, 0.15) is 5.56 Å². The molecule has 17 heavy (non-hydrogen) atoms. The van der Waals surface area contributed by atoms with Gasteiger partial charge >= 0.3 is 12.1 Å². The van der Waals surface area contributed by atoms with Gasteiger partial charge in [-0.25, -0.2) is 9.59 Å². The van der Waals surface area contributed by atoms with Crippen molar-refractivity contribution >= 4 is 12.1 Å². The zero-order valence-electron chi connectivity index (χ0n) is 9.67. The minimum absolute atomic E-state index is 0.324. The lowest BCUT2D eigenvalue weighted by Crippen LogP contribution is -2.42. The number of hydrogen-bond donors (Lipinski definition) is 1. The molecule has 1 atom stereocenters. The molecule has 6 nitrogen and oxygen atoms in total. The lowest BCUT2D eigenvalue weighted by Gasteiger charge is -2.15. The number of amides is 1. The highest BCUT2D eigenvalue weighted by molar-refractivity contribution is 5.81. The van der Waals surface area contributed by atoms with Gasteiger partial charge in [-0.2, -0.15) is 0 Å². The third-order valence-corrected chi connectivity index (χ3v) is 2.15. The summed E-state index contributed by atoms with van der Waals surface area (Å²) in [4.78, 5) is 26.4. The number of carbonyl (C=O) groups excluding carboxylic acids is 2. The second kappa shape index (κ2) is 6.47. The molecular weight excluding hydrogens is 224 g/mol. The molecule has 1 heterocycles. The monoisotopic (exact) mass is 238 g/mol. The van der Waals surface area contributed by atoms with Crippen molar-refractivity contribution in [1.82, 2.24) is 10.3 Å². The number of pyridine rings is 1. The predicted octanol–water partition coefficient (Wildman–Crippen LogP) is 0.522. The van der Waals surface area contributed by atoms with Crippen LogP contribution in [0, 0.1) is 0 Å². The maximum absolute atomic E-state index is 11.5. The Labute approximate surface area is 98.9 Å². The van der Waals surface area contributed by atoms with E-state index < -0.39 is 18.1 Å². The van der Waals surface area contributed by atoms with Gasteiger partial charge in [-0.05, 0) is 17.7 Å². The van der Waals surface area contributed by atoms with Crippen LogP contribution in [0.2, 0.25) is 0 Å². The van der Waals surface area contributed by atoms with Gasteiger partial charge in [0, 0.05) is 18.8 Å². The van der Waals surface area contributed by atoms with Crippen LogP contribution >= 0.6 is 0 Å². The van der Waals surface area contributed by atoms with Crippen LogP contribution in [0.4, 0.5) is 4.79 Å². The van der Waals surface area contributed by atoms with Crippen LogP contribution in [-0.4, -0.2) is 37.3 Å². The Morgan fingerprint density at radius 3 is 2.47 bits per heavy atom. The summed E-state index contributed by atoms with van der Waals surface area (Å²) in [5.74, 6) is -0.521. The van der Waals surface area contributed by atoms with Crippen LogP contribution < -0.4 is 5.32 Å². The molecule has 1 aromatic rings. The molecule has 92 valence electrons. The van der Waals surface area contributed by atoms with Crippen molar-refractivity contribution < 1.29 is 19.1 Å². The molecule has 1 N–H and O–H groups in total. The van der Waals surface area contributed by atoms with Crippen LogP contribution in [0.25, 0.3) is 0 Å². The highest BCUT2D eigenvalue weighted by atomic mass is 16.5. The molecule has 0 saturated heterocycles. The Hall–Kier alpha value is -2.11. The van der Waals surface area contributed by atoms with Gasteiger partial charge < -0.3 is 14.8 Å². The summed E-state index contributed by atoms with van der Waals surface area (Å²) >= 11 is 0. The number of alkyl carbamates (subject to hydrolysis) is 1. The van der Waals surface area contributed by atoms with Crippen molar-refractivity contribution in [3.05, 3.63) is 30.1 Å². The number of ether oxygens (including phenoxy) is 2. The van der Waals surface area contributed by atoms with Crippen molar-refractivity contribution in [3.8, 4) is 0 Å². The summed E-state index contributed by atoms with van der Waals surface area (Å²) in [6, 6.07) is 2.75. The summed E-state index contributed by atoms with van der Waals surface area (Å²) in [6.07, 6.45) is 2.88. The number of carbonyl (C=O) groups is 2. The fraction of sp³-hybridized carbons (Fsp3) is 0.364. The Morgan fingerprint density at radius 1 is 1.29 bits per heavy atom. The van der Waals surface area contributed by atoms with E-state index in [0.717, 1.165) is 5.56 Å². The van der Waals surface area contributed by atoms with E-state index in [1.54, 1.807) is 24.5 Å². The largest absolute Gasteiger partial charge is 0.467 e. The fourth-order valence-electron chi connectivity index (χ4n) is 1.29. The minimum atomic E-state index is -0.769. The topological polar surface area (TPSA) is 77.5 Å². The van der Waals surface area contributed by atoms with Gasteiger partial charge in [0.05, 0.1) is 14.2 Å². The summed E-state index contributed by atoms with van der Waals surface area (Å²) in [5, 5.41) is 2.41. The fourth-order valence-corrected chi connectivity index (χ4v) is 1.29. The van der Waals surface area contributed by atoms with E-state index in [-0.39, 0.29) is 0 Å². The quantitative estimate of drug-likeness (QED) is 0.774. The van der Waals surface area contributed by atoms with Crippen molar-refractivity contribution in [2.24, 2.45) is 0 Å². The lowest BCUT2D eigenvalue weighted by molar-refractivity contribution is -0.142. The number of nitrogens with one attached hydrogen (secondary N) is 1. The van der Waals surface area contributed by atoms with E-state index in [1.165, 1.54) is 14.2 Å². The van der Waals surface area contributed by atoms with Gasteiger partial charge in [0.25, 0.3) is 0 Å². The first-order valence-electron chi connectivity index (χ1n) is 4.98. The molecule has 0 bridgehead atoms. The third-order valence-electron chi connectivity index (χ3n) is 2.15. The Morgan fingerprint density at radius 2 is 1.94 bits per heavy atom. The molecule has 0 aromatic carbocycles. The zero-order valence-corrected chi connectivity index (χ0v) is 9.67. The molecule has 1 aromatic heterocycles. The van der Waals surface area contributed by atoms with Crippen LogP contribution in [0.5, 0.6) is 0 Å². The van der Waals surface area contributed by atoms with Gasteiger partial charge in [-0.15, -0.1) is 0 Å². The number of nitrogens with zero attached hydrogens (tertiary/aromatic N) is 1. The highest BCUT2D eigenvalue weighted by Gasteiger charge is 2.22. The molecule has 0 radical (unpaired) electrons. The Kier molecular flexibility index (Phi) is 4.93. The number of esters is 1. The molecular formula is C11H14N2O4. The average molecular weight is 238 g/mol. The molecule has 0 aliphatic rings. The third kappa shape index (κ3) is 4.10. The Balaban J connectivity index is 2.70. The molecule has 0 saturated carbocycles. The zero-order chi connectivity index (χ0) is 12.7. The second-order valence-corrected chi connectivity index (χ2v) is 3.27. The number of rotatable bonds is 4. The van der Waals surface area contributed by atoms with E-state index >= 15 is 0 Å². The number of methoxy groups -OCH3 is 2. The standard InChI is InChI=1S/C11H14N2O4/c1-16-10(14)9(13-11(15)17-2)7-8-3-5-12-6-4-8/h3-6,9H,7H2,1-2H3,(H,13,15)/t9-/m0/s1. The van der Waals surface area contributed by atoms with Gasteiger partial charge in [-0.1, -0.05) is 0 Å². The van der Waals surface area contributed by atoms with Crippen molar-refractivity contribution in [1.29, 1.82) is 0 Å². The van der Waals surface area contributed by atoms with Gasteiger partial charge in [-0.3, -0.25) is 4.98 Å². The van der Waals surface area contributed by atoms with Gasteiger partial charge in [0.15, 0.2) is 0 Å². The second-order valence-electron chi connectivity index (χ2n) is 3.27. The van der Waals surface area contributed by atoms with Crippen molar-refractivity contribution in [2.45, 2.75) is 12.5 Å². The van der Waals surface area contributed by atoms with Crippen molar-refractivity contribution in [3.63, 3.8) is 0 Å². The molecule has 1 amide bonds. The summed E-state index contributed by atoms with van der Waals surface area (Å²) in [5.41, 5.74) is 0.867.